The molecule has 0 bridgehead atoms. The van der Waals surface area contributed by atoms with Crippen molar-refractivity contribution in [3.8, 4) is 0 Å². The molecule has 0 saturated heterocycles. The summed E-state index contributed by atoms with van der Waals surface area (Å²) in [6.07, 6.45) is 4.76. The maximum atomic E-state index is 3.98. The first-order valence-corrected chi connectivity index (χ1v) is 4.11. The predicted octanol–water partition coefficient (Wildman–Crippen LogP) is 1.89. The van der Waals surface area contributed by atoms with Crippen molar-refractivity contribution in [2.45, 2.75) is 33.2 Å². The van der Waals surface area contributed by atoms with Gasteiger partial charge < -0.3 is 0 Å². The van der Waals surface area contributed by atoms with Gasteiger partial charge in [-0.1, -0.05) is 26.0 Å². The smallest absolute Gasteiger partial charge is 0.0693 e. The molecule has 0 N–H and O–H groups in total. The summed E-state index contributed by atoms with van der Waals surface area (Å²) in [4.78, 5) is 0. The van der Waals surface area contributed by atoms with Gasteiger partial charge in [-0.2, -0.15) is 0 Å². The van der Waals surface area contributed by atoms with Crippen LogP contribution in [-0.4, -0.2) is 15.0 Å². The summed E-state index contributed by atoms with van der Waals surface area (Å²) in [5.41, 5.74) is 0. The van der Waals surface area contributed by atoms with Crippen LogP contribution in [0.25, 0.3) is 0 Å². The molecule has 1 atom stereocenters. The van der Waals surface area contributed by atoms with E-state index < -0.39 is 0 Å². The molecule has 0 fully saturated rings. The van der Waals surface area contributed by atoms with E-state index in [1.165, 1.54) is 0 Å². The molecule has 0 saturated carbocycles. The van der Waals surface area contributed by atoms with Crippen LogP contribution in [-0.2, 0) is 0 Å². The van der Waals surface area contributed by atoms with Gasteiger partial charge in [0.1, 0.15) is 0 Å². The van der Waals surface area contributed by atoms with Crippen LogP contribution in [0.4, 0.5) is 0 Å². The highest BCUT2D eigenvalue weighted by atomic mass is 15.4. The van der Waals surface area contributed by atoms with Crippen LogP contribution >= 0.6 is 0 Å². The van der Waals surface area contributed by atoms with Gasteiger partial charge in [0.15, 0.2) is 0 Å². The Bertz CT molecular complexity index is 191. The molecule has 0 amide bonds. The number of rotatable bonds is 3. The van der Waals surface area contributed by atoms with Gasteiger partial charge in [0.2, 0.25) is 0 Å². The Kier molecular flexibility index (Phi) is 2.63. The fraction of sp³-hybridized carbons (Fsp3) is 0.750. The van der Waals surface area contributed by atoms with Gasteiger partial charge in [-0.15, -0.1) is 5.10 Å². The molecule has 3 nitrogen and oxygen atoms in total. The van der Waals surface area contributed by atoms with E-state index in [0.29, 0.717) is 12.0 Å². The number of aromatic nitrogens is 3. The van der Waals surface area contributed by atoms with Gasteiger partial charge in [-0.05, 0) is 12.3 Å². The molecule has 0 aliphatic heterocycles. The summed E-state index contributed by atoms with van der Waals surface area (Å²) < 4.78 is 1.94. The average molecular weight is 153 g/mol. The van der Waals surface area contributed by atoms with Gasteiger partial charge in [-0.3, -0.25) is 0 Å². The van der Waals surface area contributed by atoms with Gasteiger partial charge in [0.25, 0.3) is 0 Å². The minimum Gasteiger partial charge on any atom is -0.249 e. The SMILES string of the molecule is CCC(C(C)C)n1ccnn1. The van der Waals surface area contributed by atoms with E-state index in [2.05, 4.69) is 31.1 Å². The van der Waals surface area contributed by atoms with E-state index >= 15 is 0 Å². The van der Waals surface area contributed by atoms with Crippen LogP contribution in [0.1, 0.15) is 33.2 Å². The van der Waals surface area contributed by atoms with E-state index in [4.69, 9.17) is 0 Å². The van der Waals surface area contributed by atoms with E-state index in [9.17, 15) is 0 Å². The first kappa shape index (κ1) is 8.24. The second-order valence-electron chi connectivity index (χ2n) is 3.10. The fourth-order valence-corrected chi connectivity index (χ4v) is 1.36. The van der Waals surface area contributed by atoms with E-state index in [1.807, 2.05) is 10.9 Å². The van der Waals surface area contributed by atoms with E-state index in [1.54, 1.807) is 6.20 Å². The maximum absolute atomic E-state index is 3.98. The van der Waals surface area contributed by atoms with Crippen molar-refractivity contribution in [3.05, 3.63) is 12.4 Å². The summed E-state index contributed by atoms with van der Waals surface area (Å²) in [5.74, 6) is 0.627. The van der Waals surface area contributed by atoms with Gasteiger partial charge in [0.05, 0.1) is 12.2 Å². The zero-order chi connectivity index (χ0) is 8.27. The number of hydrogen-bond acceptors (Lipinski definition) is 2. The molecule has 0 aromatic carbocycles. The minimum absolute atomic E-state index is 0.498. The molecule has 1 rings (SSSR count). The van der Waals surface area contributed by atoms with Crippen LogP contribution in [0.15, 0.2) is 12.4 Å². The normalized spacial score (nSPS) is 13.8. The molecular weight excluding hydrogens is 138 g/mol. The van der Waals surface area contributed by atoms with Gasteiger partial charge in [-0.25, -0.2) is 4.68 Å². The van der Waals surface area contributed by atoms with Crippen LogP contribution in [0.5, 0.6) is 0 Å². The molecule has 0 spiro atoms. The number of nitrogens with zero attached hydrogens (tertiary/aromatic N) is 3. The third-order valence-corrected chi connectivity index (χ3v) is 1.97. The third kappa shape index (κ3) is 1.79. The second kappa shape index (κ2) is 3.51. The molecular formula is C8H15N3. The largest absolute Gasteiger partial charge is 0.249 e. The van der Waals surface area contributed by atoms with Crippen molar-refractivity contribution in [3.63, 3.8) is 0 Å². The fourth-order valence-electron chi connectivity index (χ4n) is 1.36. The Morgan fingerprint density at radius 2 is 2.18 bits per heavy atom. The molecule has 62 valence electrons. The lowest BCUT2D eigenvalue weighted by Gasteiger charge is -2.18. The lowest BCUT2D eigenvalue weighted by Crippen LogP contribution is -2.14. The minimum atomic E-state index is 0.498. The zero-order valence-corrected chi connectivity index (χ0v) is 7.36. The first-order valence-electron chi connectivity index (χ1n) is 4.11. The zero-order valence-electron chi connectivity index (χ0n) is 7.36. The van der Waals surface area contributed by atoms with Crippen LogP contribution in [0.3, 0.4) is 0 Å². The average Bonchev–Trinajstić information content (AvgIpc) is 2.40. The molecule has 11 heavy (non-hydrogen) atoms. The molecule has 0 aliphatic rings. The van der Waals surface area contributed by atoms with Gasteiger partial charge >= 0.3 is 0 Å². The standard InChI is InChI=1S/C8H15N3/c1-4-8(7(2)3)11-6-5-9-10-11/h5-8H,4H2,1-3H3. The summed E-state index contributed by atoms with van der Waals surface area (Å²) in [6.45, 7) is 6.58. The highest BCUT2D eigenvalue weighted by Gasteiger charge is 2.12. The molecule has 0 aliphatic carbocycles. The molecule has 1 aromatic rings. The topological polar surface area (TPSA) is 30.7 Å². The van der Waals surface area contributed by atoms with Crippen molar-refractivity contribution in [1.82, 2.24) is 15.0 Å². The Morgan fingerprint density at radius 1 is 1.45 bits per heavy atom. The molecule has 0 radical (unpaired) electrons. The van der Waals surface area contributed by atoms with Gasteiger partial charge in [0, 0.05) is 6.20 Å². The highest BCUT2D eigenvalue weighted by Crippen LogP contribution is 2.18. The van der Waals surface area contributed by atoms with Crippen LogP contribution < -0.4 is 0 Å². The Hall–Kier alpha value is -0.860. The summed E-state index contributed by atoms with van der Waals surface area (Å²) >= 11 is 0. The summed E-state index contributed by atoms with van der Waals surface area (Å²) in [5, 5.41) is 7.76. The van der Waals surface area contributed by atoms with Crippen molar-refractivity contribution in [2.75, 3.05) is 0 Å². The Morgan fingerprint density at radius 3 is 2.55 bits per heavy atom. The highest BCUT2D eigenvalue weighted by molar-refractivity contribution is 4.73. The predicted molar refractivity (Wildman–Crippen MR) is 44.2 cm³/mol. The molecule has 3 heteroatoms. The summed E-state index contributed by atoms with van der Waals surface area (Å²) in [6, 6.07) is 0.498. The Balaban J connectivity index is 2.71. The Labute approximate surface area is 67.4 Å². The lowest BCUT2D eigenvalue weighted by atomic mass is 10.0. The van der Waals surface area contributed by atoms with Crippen molar-refractivity contribution in [2.24, 2.45) is 5.92 Å². The van der Waals surface area contributed by atoms with E-state index in [0.717, 1.165) is 6.42 Å². The van der Waals surface area contributed by atoms with Crippen LogP contribution in [0, 0.1) is 5.92 Å². The molecule has 1 unspecified atom stereocenters. The van der Waals surface area contributed by atoms with Crippen molar-refractivity contribution >= 4 is 0 Å². The number of hydrogen-bond donors (Lipinski definition) is 0. The van der Waals surface area contributed by atoms with Crippen molar-refractivity contribution < 1.29 is 0 Å². The summed E-state index contributed by atoms with van der Waals surface area (Å²) in [7, 11) is 0. The second-order valence-corrected chi connectivity index (χ2v) is 3.10. The van der Waals surface area contributed by atoms with E-state index in [-0.39, 0.29) is 0 Å². The molecule has 1 heterocycles. The first-order chi connectivity index (χ1) is 5.25. The maximum Gasteiger partial charge on any atom is 0.0693 e. The quantitative estimate of drug-likeness (QED) is 0.663. The monoisotopic (exact) mass is 153 g/mol. The van der Waals surface area contributed by atoms with Crippen LogP contribution in [0.2, 0.25) is 0 Å². The molecule has 1 aromatic heterocycles. The lowest BCUT2D eigenvalue weighted by molar-refractivity contribution is 0.330. The third-order valence-electron chi connectivity index (χ3n) is 1.97. The van der Waals surface area contributed by atoms with Crippen molar-refractivity contribution in [1.29, 1.82) is 0 Å².